The number of hydrogen-bond acceptors (Lipinski definition) is 3. The van der Waals surface area contributed by atoms with Crippen molar-refractivity contribution in [2.24, 2.45) is 7.05 Å². The molecule has 4 nitrogen and oxygen atoms in total. The van der Waals surface area contributed by atoms with Gasteiger partial charge in [0, 0.05) is 30.9 Å². The normalized spacial score (nSPS) is 11.0. The Hall–Kier alpha value is -2.36. The van der Waals surface area contributed by atoms with Crippen LogP contribution in [0, 0.1) is 20.8 Å². The standard InChI is InChI=1S/C17H20N4/c1-11-5-6-12(2)16(7-11)18-9-14-8-15-13(3)20-21(4)17(15)19-10-14/h5-8,10,18H,9H2,1-4H3. The molecule has 0 aliphatic rings. The van der Waals surface area contributed by atoms with Crippen molar-refractivity contribution in [3.8, 4) is 0 Å². The Morgan fingerprint density at radius 3 is 2.76 bits per heavy atom. The largest absolute Gasteiger partial charge is 0.381 e. The highest BCUT2D eigenvalue weighted by molar-refractivity contribution is 5.78. The highest BCUT2D eigenvalue weighted by atomic mass is 15.3. The van der Waals surface area contributed by atoms with Crippen molar-refractivity contribution < 1.29 is 0 Å². The molecule has 108 valence electrons. The van der Waals surface area contributed by atoms with Gasteiger partial charge < -0.3 is 5.32 Å². The molecule has 0 aliphatic carbocycles. The lowest BCUT2D eigenvalue weighted by Crippen LogP contribution is -2.02. The number of nitrogens with zero attached hydrogens (tertiary/aromatic N) is 3. The lowest BCUT2D eigenvalue weighted by molar-refractivity contribution is 0.773. The van der Waals surface area contributed by atoms with Crippen molar-refractivity contribution in [1.29, 1.82) is 0 Å². The number of aromatic nitrogens is 3. The van der Waals surface area contributed by atoms with Gasteiger partial charge in [0.1, 0.15) is 0 Å². The second kappa shape index (κ2) is 5.20. The minimum atomic E-state index is 0.765. The Morgan fingerprint density at radius 2 is 1.95 bits per heavy atom. The molecule has 0 aliphatic heterocycles. The van der Waals surface area contributed by atoms with Crippen LogP contribution in [0.3, 0.4) is 0 Å². The molecule has 3 rings (SSSR count). The molecule has 0 atom stereocenters. The van der Waals surface area contributed by atoms with Crippen LogP contribution in [0.5, 0.6) is 0 Å². The summed E-state index contributed by atoms with van der Waals surface area (Å²) in [5.41, 5.74) is 6.82. The van der Waals surface area contributed by atoms with E-state index >= 15 is 0 Å². The Kier molecular flexibility index (Phi) is 3.37. The summed E-state index contributed by atoms with van der Waals surface area (Å²) in [6, 6.07) is 8.62. The van der Waals surface area contributed by atoms with E-state index in [0.717, 1.165) is 23.3 Å². The summed E-state index contributed by atoms with van der Waals surface area (Å²) in [5, 5.41) is 9.03. The fourth-order valence-electron chi connectivity index (χ4n) is 2.57. The molecule has 21 heavy (non-hydrogen) atoms. The molecule has 2 aromatic heterocycles. The number of rotatable bonds is 3. The Bertz CT molecular complexity index is 802. The summed E-state index contributed by atoms with van der Waals surface area (Å²) in [7, 11) is 1.93. The summed E-state index contributed by atoms with van der Waals surface area (Å²) in [6.07, 6.45) is 1.92. The highest BCUT2D eigenvalue weighted by Crippen LogP contribution is 2.19. The Morgan fingerprint density at radius 1 is 1.14 bits per heavy atom. The van der Waals surface area contributed by atoms with Crippen LogP contribution in [-0.2, 0) is 13.6 Å². The van der Waals surface area contributed by atoms with Gasteiger partial charge in [0.25, 0.3) is 0 Å². The van der Waals surface area contributed by atoms with Crippen LogP contribution in [-0.4, -0.2) is 14.8 Å². The molecule has 4 heteroatoms. The second-order valence-electron chi connectivity index (χ2n) is 5.60. The zero-order chi connectivity index (χ0) is 15.0. The first-order chi connectivity index (χ1) is 10.0. The van der Waals surface area contributed by atoms with Crippen molar-refractivity contribution in [2.45, 2.75) is 27.3 Å². The molecule has 1 N–H and O–H groups in total. The van der Waals surface area contributed by atoms with Crippen LogP contribution in [0.25, 0.3) is 11.0 Å². The smallest absolute Gasteiger partial charge is 0.157 e. The van der Waals surface area contributed by atoms with Crippen molar-refractivity contribution >= 4 is 16.7 Å². The summed E-state index contributed by atoms with van der Waals surface area (Å²) in [5.74, 6) is 0. The van der Waals surface area contributed by atoms with Crippen LogP contribution in [0.1, 0.15) is 22.4 Å². The van der Waals surface area contributed by atoms with E-state index in [2.05, 4.69) is 53.5 Å². The van der Waals surface area contributed by atoms with Crippen molar-refractivity contribution in [3.63, 3.8) is 0 Å². The lowest BCUT2D eigenvalue weighted by Gasteiger charge is -2.10. The van der Waals surface area contributed by atoms with Gasteiger partial charge in [-0.1, -0.05) is 12.1 Å². The minimum Gasteiger partial charge on any atom is -0.381 e. The van der Waals surface area contributed by atoms with E-state index in [-0.39, 0.29) is 0 Å². The fourth-order valence-corrected chi connectivity index (χ4v) is 2.57. The average molecular weight is 280 g/mol. The second-order valence-corrected chi connectivity index (χ2v) is 5.60. The van der Waals surface area contributed by atoms with Crippen LogP contribution in [0.15, 0.2) is 30.5 Å². The minimum absolute atomic E-state index is 0.765. The molecule has 3 aromatic rings. The van der Waals surface area contributed by atoms with Gasteiger partial charge in [0.15, 0.2) is 5.65 Å². The van der Waals surface area contributed by atoms with E-state index in [1.165, 1.54) is 22.4 Å². The Balaban J connectivity index is 1.85. The highest BCUT2D eigenvalue weighted by Gasteiger charge is 2.07. The van der Waals surface area contributed by atoms with Crippen LogP contribution in [0.4, 0.5) is 5.69 Å². The maximum atomic E-state index is 4.51. The van der Waals surface area contributed by atoms with E-state index in [1.807, 2.05) is 24.9 Å². The third kappa shape index (κ3) is 2.61. The van der Waals surface area contributed by atoms with Gasteiger partial charge in [0.05, 0.1) is 5.69 Å². The molecule has 0 saturated carbocycles. The van der Waals surface area contributed by atoms with Gasteiger partial charge in [0.2, 0.25) is 0 Å². The van der Waals surface area contributed by atoms with Gasteiger partial charge in [-0.15, -0.1) is 0 Å². The first-order valence-electron chi connectivity index (χ1n) is 7.14. The number of pyridine rings is 1. The molecule has 1 aromatic carbocycles. The predicted molar refractivity (Wildman–Crippen MR) is 86.5 cm³/mol. The monoisotopic (exact) mass is 280 g/mol. The van der Waals surface area contributed by atoms with E-state index in [0.29, 0.717) is 0 Å². The number of nitrogens with one attached hydrogen (secondary N) is 1. The first kappa shape index (κ1) is 13.6. The van der Waals surface area contributed by atoms with Crippen LogP contribution >= 0.6 is 0 Å². The molecular weight excluding hydrogens is 260 g/mol. The number of benzene rings is 1. The molecule has 0 saturated heterocycles. The molecule has 0 fully saturated rings. The van der Waals surface area contributed by atoms with Crippen molar-refractivity contribution in [2.75, 3.05) is 5.32 Å². The fraction of sp³-hybridized carbons (Fsp3) is 0.294. The molecule has 2 heterocycles. The van der Waals surface area contributed by atoms with Crippen LogP contribution in [0.2, 0.25) is 0 Å². The molecule has 0 bridgehead atoms. The SMILES string of the molecule is Cc1ccc(C)c(NCc2cnc3c(c2)c(C)nn3C)c1. The van der Waals surface area contributed by atoms with E-state index in [1.54, 1.807) is 0 Å². The van der Waals surface area contributed by atoms with Crippen molar-refractivity contribution in [1.82, 2.24) is 14.8 Å². The van der Waals surface area contributed by atoms with Gasteiger partial charge in [-0.3, -0.25) is 4.68 Å². The number of aryl methyl sites for hydroxylation is 4. The number of fused-ring (bicyclic) bond motifs is 1. The first-order valence-corrected chi connectivity index (χ1v) is 7.14. The topological polar surface area (TPSA) is 42.7 Å². The maximum absolute atomic E-state index is 4.51. The third-order valence-corrected chi connectivity index (χ3v) is 3.80. The van der Waals surface area contributed by atoms with Gasteiger partial charge in [-0.05, 0) is 49.6 Å². The summed E-state index contributed by atoms with van der Waals surface area (Å²) < 4.78 is 1.83. The molecule has 0 spiro atoms. The van der Waals surface area contributed by atoms with E-state index in [4.69, 9.17) is 0 Å². The van der Waals surface area contributed by atoms with Crippen LogP contribution < -0.4 is 5.32 Å². The maximum Gasteiger partial charge on any atom is 0.157 e. The number of hydrogen-bond donors (Lipinski definition) is 1. The zero-order valence-corrected chi connectivity index (χ0v) is 12.9. The van der Waals surface area contributed by atoms with Gasteiger partial charge in [-0.2, -0.15) is 5.10 Å². The summed E-state index contributed by atoms with van der Waals surface area (Å²) in [4.78, 5) is 4.51. The van der Waals surface area contributed by atoms with Gasteiger partial charge in [-0.25, -0.2) is 4.98 Å². The van der Waals surface area contributed by atoms with E-state index < -0.39 is 0 Å². The van der Waals surface area contributed by atoms with Crippen molar-refractivity contribution in [3.05, 3.63) is 52.8 Å². The zero-order valence-electron chi connectivity index (χ0n) is 12.9. The quantitative estimate of drug-likeness (QED) is 0.798. The molecule has 0 radical (unpaired) electrons. The third-order valence-electron chi connectivity index (χ3n) is 3.80. The number of anilines is 1. The summed E-state index contributed by atoms with van der Waals surface area (Å²) in [6.45, 7) is 7.01. The van der Waals surface area contributed by atoms with Gasteiger partial charge >= 0.3 is 0 Å². The Labute approximate surface area is 124 Å². The lowest BCUT2D eigenvalue weighted by atomic mass is 10.1. The average Bonchev–Trinajstić information content (AvgIpc) is 2.75. The predicted octanol–water partition coefficient (Wildman–Crippen LogP) is 3.51. The summed E-state index contributed by atoms with van der Waals surface area (Å²) >= 11 is 0. The molecular formula is C17H20N4. The molecule has 0 amide bonds. The molecule has 0 unspecified atom stereocenters. The van der Waals surface area contributed by atoms with E-state index in [9.17, 15) is 0 Å².